The van der Waals surface area contributed by atoms with Gasteiger partial charge in [0.25, 0.3) is 0 Å². The van der Waals surface area contributed by atoms with Crippen molar-refractivity contribution in [2.24, 2.45) is 0 Å². The summed E-state index contributed by atoms with van der Waals surface area (Å²) in [6.07, 6.45) is 0. The van der Waals surface area contributed by atoms with Gasteiger partial charge in [-0.3, -0.25) is 0 Å². The van der Waals surface area contributed by atoms with E-state index in [0.717, 1.165) is 26.2 Å². The number of aryl methyl sites for hydroxylation is 2. The molecule has 0 spiro atoms. The van der Waals surface area contributed by atoms with E-state index in [1.54, 1.807) is 0 Å². The van der Waals surface area contributed by atoms with Gasteiger partial charge in [0.1, 0.15) is 0 Å². The molecular weight excluding hydrogens is 340 g/mol. The van der Waals surface area contributed by atoms with Crippen molar-refractivity contribution in [3.8, 4) is 0 Å². The SMILES string of the molecule is CCN(CC)c1cc(C)c2ccc3c(N(CC)CC)cc(C)c4ccc1c2c43. The number of hydrogen-bond acceptors (Lipinski definition) is 2. The fraction of sp³-hybridized carbons (Fsp3) is 0.385. The number of rotatable bonds is 6. The second kappa shape index (κ2) is 7.16. The molecule has 28 heavy (non-hydrogen) atoms. The molecule has 0 bridgehead atoms. The van der Waals surface area contributed by atoms with Crippen molar-refractivity contribution in [3.05, 3.63) is 47.5 Å². The summed E-state index contributed by atoms with van der Waals surface area (Å²) in [6, 6.07) is 14.1. The highest BCUT2D eigenvalue weighted by Gasteiger charge is 2.19. The number of hydrogen-bond donors (Lipinski definition) is 0. The first-order chi connectivity index (χ1) is 13.5. The Morgan fingerprint density at radius 2 is 0.857 bits per heavy atom. The van der Waals surface area contributed by atoms with Crippen molar-refractivity contribution in [1.29, 1.82) is 0 Å². The fourth-order valence-electron chi connectivity index (χ4n) is 4.95. The summed E-state index contributed by atoms with van der Waals surface area (Å²) in [4.78, 5) is 4.97. The van der Waals surface area contributed by atoms with Gasteiger partial charge in [-0.1, -0.05) is 24.3 Å². The van der Waals surface area contributed by atoms with Crippen LogP contribution >= 0.6 is 0 Å². The number of nitrogens with zero attached hydrogens (tertiary/aromatic N) is 2. The topological polar surface area (TPSA) is 6.48 Å². The van der Waals surface area contributed by atoms with Crippen LogP contribution in [0, 0.1) is 13.8 Å². The number of anilines is 2. The van der Waals surface area contributed by atoms with Crippen molar-refractivity contribution in [3.63, 3.8) is 0 Å². The van der Waals surface area contributed by atoms with Gasteiger partial charge < -0.3 is 9.80 Å². The molecule has 4 aromatic rings. The zero-order valence-corrected chi connectivity index (χ0v) is 18.2. The summed E-state index contributed by atoms with van der Waals surface area (Å²) in [5.74, 6) is 0. The van der Waals surface area contributed by atoms with Crippen molar-refractivity contribution in [2.45, 2.75) is 41.5 Å². The lowest BCUT2D eigenvalue weighted by Gasteiger charge is -2.28. The molecule has 0 atom stereocenters. The Morgan fingerprint density at radius 3 is 1.18 bits per heavy atom. The summed E-state index contributed by atoms with van der Waals surface area (Å²) in [7, 11) is 0. The van der Waals surface area contributed by atoms with Crippen LogP contribution in [0.5, 0.6) is 0 Å². The van der Waals surface area contributed by atoms with Crippen LogP contribution in [0.25, 0.3) is 32.3 Å². The van der Waals surface area contributed by atoms with Gasteiger partial charge in [0.05, 0.1) is 0 Å². The molecule has 2 heteroatoms. The van der Waals surface area contributed by atoms with E-state index in [1.807, 2.05) is 0 Å². The Labute approximate surface area is 169 Å². The van der Waals surface area contributed by atoms with Gasteiger partial charge in [0.15, 0.2) is 0 Å². The molecule has 0 unspecified atom stereocenters. The van der Waals surface area contributed by atoms with Gasteiger partial charge in [-0.25, -0.2) is 0 Å². The smallest absolute Gasteiger partial charge is 0.0449 e. The second-order valence-corrected chi connectivity index (χ2v) is 7.84. The van der Waals surface area contributed by atoms with E-state index in [2.05, 4.69) is 87.7 Å². The lowest BCUT2D eigenvalue weighted by molar-refractivity contribution is 0.870. The molecule has 4 aromatic carbocycles. The quantitative estimate of drug-likeness (QED) is 0.340. The molecule has 0 aliphatic rings. The first kappa shape index (κ1) is 18.9. The molecule has 0 aliphatic heterocycles. The first-order valence-electron chi connectivity index (χ1n) is 10.8. The number of benzene rings is 4. The Hall–Kier alpha value is -2.48. The van der Waals surface area contributed by atoms with Crippen LogP contribution in [0.3, 0.4) is 0 Å². The summed E-state index contributed by atoms with van der Waals surface area (Å²) >= 11 is 0. The van der Waals surface area contributed by atoms with Crippen molar-refractivity contribution in [1.82, 2.24) is 0 Å². The molecule has 0 amide bonds. The van der Waals surface area contributed by atoms with E-state index in [4.69, 9.17) is 0 Å². The van der Waals surface area contributed by atoms with Crippen molar-refractivity contribution in [2.75, 3.05) is 36.0 Å². The van der Waals surface area contributed by atoms with Crippen LogP contribution in [0.15, 0.2) is 36.4 Å². The van der Waals surface area contributed by atoms with E-state index in [-0.39, 0.29) is 0 Å². The van der Waals surface area contributed by atoms with E-state index >= 15 is 0 Å². The molecule has 0 fully saturated rings. The van der Waals surface area contributed by atoms with Crippen molar-refractivity contribution < 1.29 is 0 Å². The Balaban J connectivity index is 2.21. The molecular formula is C26H32N2. The summed E-state index contributed by atoms with van der Waals surface area (Å²) in [5.41, 5.74) is 5.48. The average Bonchev–Trinajstić information content (AvgIpc) is 2.71. The maximum absolute atomic E-state index is 2.48. The third-order valence-corrected chi connectivity index (χ3v) is 6.48. The zero-order valence-electron chi connectivity index (χ0n) is 18.2. The summed E-state index contributed by atoms with van der Waals surface area (Å²) < 4.78 is 0. The van der Waals surface area contributed by atoms with Gasteiger partial charge >= 0.3 is 0 Å². The van der Waals surface area contributed by atoms with Crippen LogP contribution < -0.4 is 9.80 Å². The second-order valence-electron chi connectivity index (χ2n) is 7.84. The highest BCUT2D eigenvalue weighted by Crippen LogP contribution is 2.44. The molecule has 0 aromatic heterocycles. The summed E-state index contributed by atoms with van der Waals surface area (Å²) in [5, 5.41) is 8.43. The van der Waals surface area contributed by atoms with Gasteiger partial charge in [0, 0.05) is 48.3 Å². The highest BCUT2D eigenvalue weighted by molar-refractivity contribution is 6.28. The zero-order chi connectivity index (χ0) is 20.0. The molecule has 146 valence electrons. The standard InChI is InChI=1S/C26H32N2/c1-7-27(8-2)23-15-17(5)19-12-14-22-24(28(9-3)10-4)16-18(6)20-11-13-21(23)25(19)26(20)22/h11-16H,7-10H2,1-6H3. The molecule has 0 radical (unpaired) electrons. The minimum Gasteiger partial charge on any atom is -0.372 e. The van der Waals surface area contributed by atoms with E-state index in [0.29, 0.717) is 0 Å². The molecule has 0 aliphatic carbocycles. The molecule has 2 nitrogen and oxygen atoms in total. The van der Waals surface area contributed by atoms with Crippen LogP contribution in [0.4, 0.5) is 11.4 Å². The maximum Gasteiger partial charge on any atom is 0.0449 e. The minimum absolute atomic E-state index is 1.03. The predicted molar refractivity (Wildman–Crippen MR) is 127 cm³/mol. The Bertz CT molecular complexity index is 1040. The van der Waals surface area contributed by atoms with Crippen LogP contribution in [0.1, 0.15) is 38.8 Å². The van der Waals surface area contributed by atoms with Crippen LogP contribution in [0.2, 0.25) is 0 Å². The maximum atomic E-state index is 2.48. The highest BCUT2D eigenvalue weighted by atomic mass is 15.1. The minimum atomic E-state index is 1.03. The Kier molecular flexibility index (Phi) is 4.82. The van der Waals surface area contributed by atoms with Gasteiger partial charge in [-0.15, -0.1) is 0 Å². The molecule has 0 saturated carbocycles. The normalized spacial score (nSPS) is 11.8. The molecule has 0 heterocycles. The lowest BCUT2D eigenvalue weighted by atomic mass is 9.88. The van der Waals surface area contributed by atoms with E-state index in [1.165, 1.54) is 54.8 Å². The third kappa shape index (κ3) is 2.62. The van der Waals surface area contributed by atoms with E-state index in [9.17, 15) is 0 Å². The molecule has 0 N–H and O–H groups in total. The van der Waals surface area contributed by atoms with Crippen molar-refractivity contribution >= 4 is 43.7 Å². The fourth-order valence-corrected chi connectivity index (χ4v) is 4.95. The Morgan fingerprint density at radius 1 is 0.536 bits per heavy atom. The third-order valence-electron chi connectivity index (χ3n) is 6.48. The predicted octanol–water partition coefficient (Wildman–Crippen LogP) is 6.89. The van der Waals surface area contributed by atoms with Gasteiger partial charge in [-0.2, -0.15) is 0 Å². The average molecular weight is 373 g/mol. The first-order valence-corrected chi connectivity index (χ1v) is 10.8. The van der Waals surface area contributed by atoms with Gasteiger partial charge in [-0.05, 0) is 86.3 Å². The monoisotopic (exact) mass is 372 g/mol. The van der Waals surface area contributed by atoms with Crippen LogP contribution in [-0.2, 0) is 0 Å². The lowest BCUT2D eigenvalue weighted by Crippen LogP contribution is -2.22. The molecule has 0 saturated heterocycles. The summed E-state index contributed by atoms with van der Waals surface area (Å²) in [6.45, 7) is 17.6. The molecule has 4 rings (SSSR count). The largest absolute Gasteiger partial charge is 0.372 e. The van der Waals surface area contributed by atoms with Crippen LogP contribution in [-0.4, -0.2) is 26.2 Å². The van der Waals surface area contributed by atoms with E-state index < -0.39 is 0 Å². The van der Waals surface area contributed by atoms with Gasteiger partial charge in [0.2, 0.25) is 0 Å².